The van der Waals surface area contributed by atoms with E-state index in [9.17, 15) is 17.6 Å². The van der Waals surface area contributed by atoms with Crippen molar-refractivity contribution in [3.05, 3.63) is 48.3 Å². The van der Waals surface area contributed by atoms with Gasteiger partial charge in [0.2, 0.25) is 15.9 Å². The summed E-state index contributed by atoms with van der Waals surface area (Å²) in [4.78, 5) is 11.9. The zero-order chi connectivity index (χ0) is 16.9. The third-order valence-corrected chi connectivity index (χ3v) is 5.75. The number of nitrogens with zero attached hydrogens (tertiary/aromatic N) is 1. The van der Waals surface area contributed by atoms with Gasteiger partial charge in [0.05, 0.1) is 5.75 Å². The highest BCUT2D eigenvalue weighted by Gasteiger charge is 2.30. The van der Waals surface area contributed by atoms with Crippen molar-refractivity contribution in [2.75, 3.05) is 19.6 Å². The summed E-state index contributed by atoms with van der Waals surface area (Å²) in [5.74, 6) is -0.758. The summed E-state index contributed by atoms with van der Waals surface area (Å²) in [5.41, 5.74) is 0.553. The maximum absolute atomic E-state index is 12.9. The zero-order valence-corrected chi connectivity index (χ0v) is 13.7. The number of hydrogen-bond donors (Lipinski definition) is 1. The van der Waals surface area contributed by atoms with Crippen molar-refractivity contribution >= 4 is 15.9 Å². The van der Waals surface area contributed by atoms with Crippen LogP contribution in [0.25, 0.3) is 0 Å². The Labute approximate surface area is 136 Å². The summed E-state index contributed by atoms with van der Waals surface area (Å²) in [6.45, 7) is 4.62. The quantitative estimate of drug-likeness (QED) is 0.801. The molecule has 1 heterocycles. The van der Waals surface area contributed by atoms with Crippen LogP contribution in [0.15, 0.2) is 36.9 Å². The van der Waals surface area contributed by atoms with Crippen LogP contribution in [0.3, 0.4) is 0 Å². The topological polar surface area (TPSA) is 66.5 Å². The second-order valence-corrected chi connectivity index (χ2v) is 7.56. The fourth-order valence-electron chi connectivity index (χ4n) is 2.60. The molecule has 0 atom stereocenters. The molecule has 1 N–H and O–H groups in total. The Morgan fingerprint density at radius 1 is 1.30 bits per heavy atom. The number of carbonyl (C=O) groups excluding carboxylic acids is 1. The molecule has 1 fully saturated rings. The standard InChI is InChI=1S/C16H21FN2O3S/c1-2-9-18-16(20)14-7-10-19(11-8-14)23(21,22)12-13-3-5-15(17)6-4-13/h2-6,14H,1,7-12H2,(H,18,20). The number of amides is 1. The highest BCUT2D eigenvalue weighted by Crippen LogP contribution is 2.22. The summed E-state index contributed by atoms with van der Waals surface area (Å²) in [7, 11) is -3.45. The second kappa shape index (κ2) is 7.70. The van der Waals surface area contributed by atoms with Crippen LogP contribution in [0.5, 0.6) is 0 Å². The maximum Gasteiger partial charge on any atom is 0.223 e. The smallest absolute Gasteiger partial charge is 0.223 e. The van der Waals surface area contributed by atoms with Gasteiger partial charge in [0.15, 0.2) is 0 Å². The minimum atomic E-state index is -3.45. The molecule has 0 bridgehead atoms. The number of nitrogens with one attached hydrogen (secondary N) is 1. The van der Waals surface area contributed by atoms with Crippen molar-refractivity contribution in [1.82, 2.24) is 9.62 Å². The molecule has 1 aromatic carbocycles. The summed E-state index contributed by atoms with van der Waals surface area (Å²) >= 11 is 0. The number of sulfonamides is 1. The van der Waals surface area contributed by atoms with Gasteiger partial charge in [-0.2, -0.15) is 0 Å². The van der Waals surface area contributed by atoms with E-state index in [0.717, 1.165) is 0 Å². The second-order valence-electron chi connectivity index (χ2n) is 5.59. The van der Waals surface area contributed by atoms with E-state index in [1.165, 1.54) is 28.6 Å². The normalized spacial score (nSPS) is 16.9. The van der Waals surface area contributed by atoms with Crippen molar-refractivity contribution in [2.24, 2.45) is 5.92 Å². The van der Waals surface area contributed by atoms with E-state index in [4.69, 9.17) is 0 Å². The van der Waals surface area contributed by atoms with Crippen LogP contribution in [0, 0.1) is 11.7 Å². The van der Waals surface area contributed by atoms with Gasteiger partial charge < -0.3 is 5.32 Å². The molecule has 0 unspecified atom stereocenters. The summed E-state index contributed by atoms with van der Waals surface area (Å²) < 4.78 is 39.1. The zero-order valence-electron chi connectivity index (χ0n) is 12.9. The number of hydrogen-bond acceptors (Lipinski definition) is 3. The summed E-state index contributed by atoms with van der Waals surface area (Å²) in [6, 6.07) is 5.45. The Morgan fingerprint density at radius 2 is 1.91 bits per heavy atom. The lowest BCUT2D eigenvalue weighted by Gasteiger charge is -2.30. The van der Waals surface area contributed by atoms with E-state index >= 15 is 0 Å². The molecular formula is C16H21FN2O3S. The molecule has 23 heavy (non-hydrogen) atoms. The van der Waals surface area contributed by atoms with Gasteiger partial charge >= 0.3 is 0 Å². The van der Waals surface area contributed by atoms with E-state index in [1.807, 2.05) is 0 Å². The van der Waals surface area contributed by atoms with E-state index in [2.05, 4.69) is 11.9 Å². The third-order valence-electron chi connectivity index (χ3n) is 3.90. The minimum absolute atomic E-state index is 0.0551. The van der Waals surface area contributed by atoms with E-state index in [1.54, 1.807) is 6.08 Å². The van der Waals surface area contributed by atoms with Gasteiger partial charge in [-0.15, -0.1) is 6.58 Å². The molecule has 1 aliphatic heterocycles. The Balaban J connectivity index is 1.91. The van der Waals surface area contributed by atoms with Gasteiger partial charge in [0.25, 0.3) is 0 Å². The van der Waals surface area contributed by atoms with Gasteiger partial charge in [-0.1, -0.05) is 18.2 Å². The molecule has 1 aliphatic rings. The highest BCUT2D eigenvalue weighted by molar-refractivity contribution is 7.88. The Hall–Kier alpha value is -1.73. The molecule has 2 rings (SSSR count). The molecule has 5 nitrogen and oxygen atoms in total. The molecule has 7 heteroatoms. The van der Waals surface area contributed by atoms with Gasteiger partial charge in [-0.3, -0.25) is 4.79 Å². The average Bonchev–Trinajstić information content (AvgIpc) is 2.54. The molecule has 126 valence electrons. The van der Waals surface area contributed by atoms with Crippen LogP contribution in [0.2, 0.25) is 0 Å². The summed E-state index contributed by atoms with van der Waals surface area (Å²) in [6.07, 6.45) is 2.62. The number of benzene rings is 1. The maximum atomic E-state index is 12.9. The van der Waals surface area contributed by atoms with Crippen molar-refractivity contribution in [2.45, 2.75) is 18.6 Å². The van der Waals surface area contributed by atoms with Crippen molar-refractivity contribution in [3.8, 4) is 0 Å². The predicted octanol–water partition coefficient (Wildman–Crippen LogP) is 1.67. The molecule has 0 saturated carbocycles. The average molecular weight is 340 g/mol. The van der Waals surface area contributed by atoms with Gasteiger partial charge in [-0.05, 0) is 30.5 Å². The number of piperidine rings is 1. The molecule has 0 aliphatic carbocycles. The van der Waals surface area contributed by atoms with Crippen LogP contribution < -0.4 is 5.32 Å². The van der Waals surface area contributed by atoms with Crippen LogP contribution in [0.4, 0.5) is 4.39 Å². The van der Waals surface area contributed by atoms with Crippen molar-refractivity contribution in [1.29, 1.82) is 0 Å². The lowest BCUT2D eigenvalue weighted by molar-refractivity contribution is -0.125. The fraction of sp³-hybridized carbons (Fsp3) is 0.438. The Bertz CT molecular complexity index is 650. The number of carbonyl (C=O) groups is 1. The van der Waals surface area contributed by atoms with Crippen LogP contribution in [-0.2, 0) is 20.6 Å². The fourth-order valence-corrected chi connectivity index (χ4v) is 4.16. The van der Waals surface area contributed by atoms with Crippen molar-refractivity contribution in [3.63, 3.8) is 0 Å². The molecular weight excluding hydrogens is 319 g/mol. The van der Waals surface area contributed by atoms with E-state index in [0.29, 0.717) is 38.0 Å². The van der Waals surface area contributed by atoms with E-state index < -0.39 is 15.8 Å². The third kappa shape index (κ3) is 4.87. The summed E-state index contributed by atoms with van der Waals surface area (Å²) in [5, 5.41) is 2.74. The Kier molecular flexibility index (Phi) is 5.90. The number of halogens is 1. The Morgan fingerprint density at radius 3 is 2.48 bits per heavy atom. The lowest BCUT2D eigenvalue weighted by atomic mass is 9.97. The first-order valence-electron chi connectivity index (χ1n) is 7.53. The molecule has 1 aromatic rings. The lowest BCUT2D eigenvalue weighted by Crippen LogP contribution is -2.43. The predicted molar refractivity (Wildman–Crippen MR) is 86.5 cm³/mol. The van der Waals surface area contributed by atoms with Gasteiger partial charge in [0.1, 0.15) is 5.82 Å². The van der Waals surface area contributed by atoms with Crippen LogP contribution in [-0.4, -0.2) is 38.3 Å². The SMILES string of the molecule is C=CCNC(=O)C1CCN(S(=O)(=O)Cc2ccc(F)cc2)CC1. The number of rotatable bonds is 6. The molecule has 0 aromatic heterocycles. The molecule has 0 radical (unpaired) electrons. The first-order chi connectivity index (χ1) is 10.9. The van der Waals surface area contributed by atoms with Gasteiger partial charge in [-0.25, -0.2) is 17.1 Å². The molecule has 0 spiro atoms. The van der Waals surface area contributed by atoms with Crippen molar-refractivity contribution < 1.29 is 17.6 Å². The largest absolute Gasteiger partial charge is 0.352 e. The minimum Gasteiger partial charge on any atom is -0.352 e. The monoisotopic (exact) mass is 340 g/mol. The van der Waals surface area contributed by atoms with E-state index in [-0.39, 0.29) is 17.6 Å². The molecule has 1 amide bonds. The van der Waals surface area contributed by atoms with Crippen LogP contribution >= 0.6 is 0 Å². The highest BCUT2D eigenvalue weighted by atomic mass is 32.2. The first kappa shape index (κ1) is 17.6. The van der Waals surface area contributed by atoms with Gasteiger partial charge in [0, 0.05) is 25.6 Å². The molecule has 1 saturated heterocycles. The first-order valence-corrected chi connectivity index (χ1v) is 9.14. The van der Waals surface area contributed by atoms with Crippen LogP contribution in [0.1, 0.15) is 18.4 Å².